The lowest BCUT2D eigenvalue weighted by molar-refractivity contribution is -0.124. The summed E-state index contributed by atoms with van der Waals surface area (Å²) in [6.07, 6.45) is 2.66. The van der Waals surface area contributed by atoms with E-state index in [0.29, 0.717) is 0 Å². The number of hydrogen-bond donors (Lipinski definition) is 2. The van der Waals surface area contributed by atoms with Gasteiger partial charge >= 0.3 is 0 Å². The third kappa shape index (κ3) is 6.03. The number of likely N-dealkylation sites (N-methyl/N-ethyl adjacent to an activating group) is 1. The van der Waals surface area contributed by atoms with Gasteiger partial charge < -0.3 is 15.5 Å². The standard InChI is InChI=1S/C13H27N3O/c1-10(12(17)15-13(2,3)4)14-8-9-16(5)11-6-7-11/h10-11,14H,6-9H2,1-5H3,(H,15,17). The summed E-state index contributed by atoms with van der Waals surface area (Å²) in [6.45, 7) is 9.79. The fourth-order valence-electron chi connectivity index (χ4n) is 1.73. The van der Waals surface area contributed by atoms with Gasteiger partial charge in [0.15, 0.2) is 0 Å². The SMILES string of the molecule is CC(NCCN(C)C1CC1)C(=O)NC(C)(C)C. The molecule has 0 radical (unpaired) electrons. The maximum atomic E-state index is 11.8. The highest BCUT2D eigenvalue weighted by molar-refractivity contribution is 5.81. The molecule has 0 aromatic heterocycles. The Kier molecular flexibility index (Phi) is 4.95. The van der Waals surface area contributed by atoms with E-state index in [-0.39, 0.29) is 17.5 Å². The van der Waals surface area contributed by atoms with E-state index in [9.17, 15) is 4.79 Å². The van der Waals surface area contributed by atoms with E-state index < -0.39 is 0 Å². The van der Waals surface area contributed by atoms with Gasteiger partial charge in [0.25, 0.3) is 0 Å². The van der Waals surface area contributed by atoms with Crippen LogP contribution in [0.3, 0.4) is 0 Å². The molecule has 0 saturated heterocycles. The van der Waals surface area contributed by atoms with Crippen molar-refractivity contribution in [3.63, 3.8) is 0 Å². The molecule has 2 N–H and O–H groups in total. The lowest BCUT2D eigenvalue weighted by Gasteiger charge is -2.24. The van der Waals surface area contributed by atoms with Gasteiger partial charge in [-0.3, -0.25) is 4.79 Å². The Morgan fingerprint density at radius 2 is 2.00 bits per heavy atom. The molecule has 1 atom stereocenters. The van der Waals surface area contributed by atoms with E-state index in [2.05, 4.69) is 22.6 Å². The summed E-state index contributed by atoms with van der Waals surface area (Å²) >= 11 is 0. The van der Waals surface area contributed by atoms with E-state index >= 15 is 0 Å². The Balaban J connectivity index is 2.15. The van der Waals surface area contributed by atoms with Crippen LogP contribution in [-0.4, -0.2) is 48.6 Å². The molecule has 0 aliphatic heterocycles. The molecule has 0 spiro atoms. The van der Waals surface area contributed by atoms with Gasteiger partial charge in [0.2, 0.25) is 5.91 Å². The summed E-state index contributed by atoms with van der Waals surface area (Å²) in [4.78, 5) is 14.2. The summed E-state index contributed by atoms with van der Waals surface area (Å²) in [5, 5.41) is 6.24. The van der Waals surface area contributed by atoms with Gasteiger partial charge in [0, 0.05) is 24.7 Å². The van der Waals surface area contributed by atoms with Crippen molar-refractivity contribution >= 4 is 5.91 Å². The van der Waals surface area contributed by atoms with Gasteiger partial charge in [0.1, 0.15) is 0 Å². The molecule has 0 aromatic rings. The van der Waals surface area contributed by atoms with Crippen molar-refractivity contribution in [3.05, 3.63) is 0 Å². The first-order valence-corrected chi connectivity index (χ1v) is 6.55. The summed E-state index contributed by atoms with van der Waals surface area (Å²) in [5.41, 5.74) is -0.155. The van der Waals surface area contributed by atoms with Crippen molar-refractivity contribution in [1.82, 2.24) is 15.5 Å². The number of nitrogens with zero attached hydrogens (tertiary/aromatic N) is 1. The lowest BCUT2D eigenvalue weighted by Crippen LogP contribution is -2.50. The van der Waals surface area contributed by atoms with E-state index in [0.717, 1.165) is 19.1 Å². The van der Waals surface area contributed by atoms with Crippen molar-refractivity contribution in [1.29, 1.82) is 0 Å². The highest BCUT2D eigenvalue weighted by Crippen LogP contribution is 2.24. The molecule has 4 nitrogen and oxygen atoms in total. The summed E-state index contributed by atoms with van der Waals surface area (Å²) in [6, 6.07) is 0.664. The number of carbonyl (C=O) groups excluding carboxylic acids is 1. The van der Waals surface area contributed by atoms with Crippen LogP contribution in [0.15, 0.2) is 0 Å². The molecule has 17 heavy (non-hydrogen) atoms. The maximum Gasteiger partial charge on any atom is 0.237 e. The Hall–Kier alpha value is -0.610. The first-order chi connectivity index (χ1) is 7.79. The summed E-state index contributed by atoms with van der Waals surface area (Å²) in [5.74, 6) is 0.0755. The number of hydrogen-bond acceptors (Lipinski definition) is 3. The molecule has 1 aliphatic rings. The van der Waals surface area contributed by atoms with E-state index in [1.165, 1.54) is 12.8 Å². The molecule has 1 amide bonds. The van der Waals surface area contributed by atoms with E-state index in [1.54, 1.807) is 0 Å². The molecule has 1 saturated carbocycles. The van der Waals surface area contributed by atoms with Gasteiger partial charge in [-0.25, -0.2) is 0 Å². The van der Waals surface area contributed by atoms with Gasteiger partial charge in [-0.15, -0.1) is 0 Å². The molecule has 0 bridgehead atoms. The Bertz CT molecular complexity index is 256. The maximum absolute atomic E-state index is 11.8. The second-order valence-corrected chi connectivity index (χ2v) is 6.13. The molecular formula is C13H27N3O. The minimum absolute atomic E-state index is 0.0755. The van der Waals surface area contributed by atoms with E-state index in [4.69, 9.17) is 0 Å². The highest BCUT2D eigenvalue weighted by atomic mass is 16.2. The molecule has 1 unspecified atom stereocenters. The molecule has 0 aromatic carbocycles. The molecular weight excluding hydrogens is 214 g/mol. The smallest absolute Gasteiger partial charge is 0.237 e. The fraction of sp³-hybridized carbons (Fsp3) is 0.923. The van der Waals surface area contributed by atoms with Crippen LogP contribution < -0.4 is 10.6 Å². The van der Waals surface area contributed by atoms with Crippen molar-refractivity contribution in [3.8, 4) is 0 Å². The molecule has 1 fully saturated rings. The summed E-state index contributed by atoms with van der Waals surface area (Å²) < 4.78 is 0. The fourth-order valence-corrected chi connectivity index (χ4v) is 1.73. The average Bonchev–Trinajstić information content (AvgIpc) is 2.97. The van der Waals surface area contributed by atoms with Crippen LogP contribution in [0, 0.1) is 0 Å². The number of amides is 1. The Morgan fingerprint density at radius 3 is 2.47 bits per heavy atom. The average molecular weight is 241 g/mol. The van der Waals surface area contributed by atoms with Crippen LogP contribution in [0.2, 0.25) is 0 Å². The largest absolute Gasteiger partial charge is 0.350 e. The van der Waals surface area contributed by atoms with Crippen LogP contribution in [0.25, 0.3) is 0 Å². The lowest BCUT2D eigenvalue weighted by atomic mass is 10.1. The predicted octanol–water partition coefficient (Wildman–Crippen LogP) is 0.973. The zero-order valence-electron chi connectivity index (χ0n) is 11.8. The van der Waals surface area contributed by atoms with Crippen molar-refractivity contribution in [2.75, 3.05) is 20.1 Å². The monoisotopic (exact) mass is 241 g/mol. The van der Waals surface area contributed by atoms with Crippen LogP contribution in [0.5, 0.6) is 0 Å². The third-order valence-corrected chi connectivity index (χ3v) is 2.98. The normalized spacial score (nSPS) is 18.2. The topological polar surface area (TPSA) is 44.4 Å². The van der Waals surface area contributed by atoms with Crippen LogP contribution in [0.4, 0.5) is 0 Å². The first-order valence-electron chi connectivity index (χ1n) is 6.55. The third-order valence-electron chi connectivity index (χ3n) is 2.98. The van der Waals surface area contributed by atoms with Crippen molar-refractivity contribution < 1.29 is 4.79 Å². The Morgan fingerprint density at radius 1 is 1.41 bits per heavy atom. The Labute approximate surface area is 105 Å². The van der Waals surface area contributed by atoms with Crippen molar-refractivity contribution in [2.24, 2.45) is 0 Å². The van der Waals surface area contributed by atoms with E-state index in [1.807, 2.05) is 27.7 Å². The zero-order chi connectivity index (χ0) is 13.1. The predicted molar refractivity (Wildman–Crippen MR) is 71.0 cm³/mol. The minimum Gasteiger partial charge on any atom is -0.350 e. The number of rotatable bonds is 6. The number of carbonyl (C=O) groups is 1. The quantitative estimate of drug-likeness (QED) is 0.728. The second-order valence-electron chi connectivity index (χ2n) is 6.13. The highest BCUT2D eigenvalue weighted by Gasteiger charge is 2.25. The molecule has 1 aliphatic carbocycles. The zero-order valence-corrected chi connectivity index (χ0v) is 11.8. The first kappa shape index (κ1) is 14.5. The van der Waals surface area contributed by atoms with Gasteiger partial charge in [0.05, 0.1) is 6.04 Å². The van der Waals surface area contributed by atoms with Crippen LogP contribution >= 0.6 is 0 Å². The van der Waals surface area contributed by atoms with Crippen LogP contribution in [-0.2, 0) is 4.79 Å². The minimum atomic E-state index is -0.155. The molecule has 100 valence electrons. The second kappa shape index (κ2) is 5.83. The molecule has 1 rings (SSSR count). The molecule has 4 heteroatoms. The van der Waals surface area contributed by atoms with Crippen LogP contribution in [0.1, 0.15) is 40.5 Å². The van der Waals surface area contributed by atoms with Gasteiger partial charge in [-0.2, -0.15) is 0 Å². The summed E-state index contributed by atoms with van der Waals surface area (Å²) in [7, 11) is 2.15. The van der Waals surface area contributed by atoms with Crippen molar-refractivity contribution in [2.45, 2.75) is 58.2 Å². The molecule has 0 heterocycles. The van der Waals surface area contributed by atoms with Gasteiger partial charge in [-0.05, 0) is 47.6 Å². The van der Waals surface area contributed by atoms with Gasteiger partial charge in [-0.1, -0.05) is 0 Å². The number of nitrogens with one attached hydrogen (secondary N) is 2.